The first-order valence-corrected chi connectivity index (χ1v) is 5.40. The van der Waals surface area contributed by atoms with E-state index in [-0.39, 0.29) is 31.6 Å². The highest BCUT2D eigenvalue weighted by Crippen LogP contribution is 2.37. The van der Waals surface area contributed by atoms with E-state index in [9.17, 15) is 17.6 Å². The molecule has 0 N–H and O–H groups in total. The number of para-hydroxylation sites is 1. The molecular formula is C12H13F4N. The SMILES string of the molecule is [2H]C1(F)CCN(c2ccccc2C(F)(F)F)CC1. The molecule has 1 nitrogen and oxygen atoms in total. The molecule has 94 valence electrons. The smallest absolute Gasteiger partial charge is 0.371 e. The van der Waals surface area contributed by atoms with E-state index in [0.29, 0.717) is 0 Å². The van der Waals surface area contributed by atoms with Crippen molar-refractivity contribution < 1.29 is 18.9 Å². The summed E-state index contributed by atoms with van der Waals surface area (Å²) in [4.78, 5) is 1.50. The van der Waals surface area contributed by atoms with Gasteiger partial charge in [0, 0.05) is 18.8 Å². The van der Waals surface area contributed by atoms with Crippen molar-refractivity contribution in [1.29, 1.82) is 0 Å². The van der Waals surface area contributed by atoms with Crippen molar-refractivity contribution in [2.24, 2.45) is 0 Å². The maximum Gasteiger partial charge on any atom is 0.418 e. The number of nitrogens with zero attached hydrogens (tertiary/aromatic N) is 1. The number of benzene rings is 1. The maximum atomic E-state index is 13.3. The molecule has 17 heavy (non-hydrogen) atoms. The van der Waals surface area contributed by atoms with E-state index in [4.69, 9.17) is 1.37 Å². The Morgan fingerprint density at radius 3 is 2.35 bits per heavy atom. The van der Waals surface area contributed by atoms with Gasteiger partial charge >= 0.3 is 6.18 Å². The summed E-state index contributed by atoms with van der Waals surface area (Å²) in [6.45, 7) is 0.264. The minimum atomic E-state index is -4.41. The van der Waals surface area contributed by atoms with Gasteiger partial charge in [0.25, 0.3) is 0 Å². The summed E-state index contributed by atoms with van der Waals surface area (Å²) in [5.41, 5.74) is -0.637. The third-order valence-corrected chi connectivity index (χ3v) is 2.86. The fourth-order valence-corrected chi connectivity index (χ4v) is 1.98. The number of hydrogen-bond acceptors (Lipinski definition) is 1. The van der Waals surface area contributed by atoms with Crippen LogP contribution in [0.15, 0.2) is 24.3 Å². The van der Waals surface area contributed by atoms with Crippen molar-refractivity contribution in [1.82, 2.24) is 0 Å². The lowest BCUT2D eigenvalue weighted by Crippen LogP contribution is -2.35. The highest BCUT2D eigenvalue weighted by molar-refractivity contribution is 5.55. The molecule has 1 aliphatic heterocycles. The summed E-state index contributed by atoms with van der Waals surface area (Å²) in [6.07, 6.45) is -6.57. The zero-order chi connectivity index (χ0) is 13.4. The Kier molecular flexibility index (Phi) is 2.91. The highest BCUT2D eigenvalue weighted by Gasteiger charge is 2.35. The summed E-state index contributed by atoms with van der Waals surface area (Å²) in [5, 5.41) is 0. The standard InChI is InChI=1S/C12H13F4N/c13-9-5-7-17(8-6-9)11-4-2-1-3-10(11)12(14,15)16/h1-4,9H,5-8H2/i9D. The van der Waals surface area contributed by atoms with E-state index in [1.807, 2.05) is 0 Å². The van der Waals surface area contributed by atoms with Gasteiger partial charge in [-0.1, -0.05) is 12.1 Å². The third kappa shape index (κ3) is 2.70. The minimum absolute atomic E-state index is 0.0699. The first-order valence-electron chi connectivity index (χ1n) is 5.90. The molecule has 0 amide bonds. The molecule has 0 aliphatic carbocycles. The maximum absolute atomic E-state index is 13.3. The van der Waals surface area contributed by atoms with Crippen molar-refractivity contribution in [2.45, 2.75) is 25.2 Å². The monoisotopic (exact) mass is 248 g/mol. The molecule has 1 fully saturated rings. The van der Waals surface area contributed by atoms with Crippen molar-refractivity contribution in [3.63, 3.8) is 0 Å². The predicted molar refractivity (Wildman–Crippen MR) is 57.8 cm³/mol. The molecule has 0 atom stereocenters. The largest absolute Gasteiger partial charge is 0.418 e. The average molecular weight is 248 g/mol. The predicted octanol–water partition coefficient (Wildman–Crippen LogP) is 3.64. The first-order chi connectivity index (χ1) is 8.30. The number of rotatable bonds is 1. The molecule has 1 aromatic rings. The number of piperidine rings is 1. The summed E-state index contributed by atoms with van der Waals surface area (Å²) < 4.78 is 59.0. The molecule has 0 saturated carbocycles. The van der Waals surface area contributed by atoms with Gasteiger partial charge in [-0.15, -0.1) is 0 Å². The Morgan fingerprint density at radius 1 is 1.18 bits per heavy atom. The zero-order valence-electron chi connectivity index (χ0n) is 10.1. The molecule has 0 aromatic heterocycles. The van der Waals surface area contributed by atoms with E-state index in [1.54, 1.807) is 0 Å². The van der Waals surface area contributed by atoms with Crippen LogP contribution in [-0.2, 0) is 6.18 Å². The molecule has 0 unspecified atom stereocenters. The van der Waals surface area contributed by atoms with Crippen LogP contribution in [0.1, 0.15) is 19.8 Å². The van der Waals surface area contributed by atoms with E-state index >= 15 is 0 Å². The normalized spacial score (nSPS) is 21.2. The summed E-state index contributed by atoms with van der Waals surface area (Å²) >= 11 is 0. The Hall–Kier alpha value is -1.26. The minimum Gasteiger partial charge on any atom is -0.371 e. The van der Waals surface area contributed by atoms with Crippen LogP contribution in [0, 0.1) is 0 Å². The molecule has 0 bridgehead atoms. The van der Waals surface area contributed by atoms with Crippen LogP contribution in [0.25, 0.3) is 0 Å². The molecule has 1 aliphatic rings. The van der Waals surface area contributed by atoms with Gasteiger partial charge in [-0.05, 0) is 25.0 Å². The van der Waals surface area contributed by atoms with Gasteiger partial charge < -0.3 is 4.90 Å². The van der Waals surface area contributed by atoms with Gasteiger partial charge in [-0.2, -0.15) is 13.2 Å². The van der Waals surface area contributed by atoms with Gasteiger partial charge in [0.15, 0.2) is 0 Å². The van der Waals surface area contributed by atoms with E-state index in [0.717, 1.165) is 6.07 Å². The van der Waals surface area contributed by atoms with Gasteiger partial charge in [-0.25, -0.2) is 4.39 Å². The first kappa shape index (κ1) is 10.9. The number of halogens is 4. The van der Waals surface area contributed by atoms with E-state index in [1.165, 1.54) is 23.1 Å². The number of hydrogen-bond donors (Lipinski definition) is 0. The fraction of sp³-hybridized carbons (Fsp3) is 0.500. The Bertz CT molecular complexity index is 420. The number of alkyl halides is 4. The second-order valence-electron chi connectivity index (χ2n) is 4.02. The van der Waals surface area contributed by atoms with Gasteiger partial charge in [0.1, 0.15) is 6.15 Å². The van der Waals surface area contributed by atoms with Crippen LogP contribution < -0.4 is 4.90 Å². The van der Waals surface area contributed by atoms with Crippen molar-refractivity contribution in [2.75, 3.05) is 18.0 Å². The Balaban J connectivity index is 2.25. The lowest BCUT2D eigenvalue weighted by Gasteiger charge is -2.32. The molecular weight excluding hydrogens is 234 g/mol. The molecule has 0 radical (unpaired) electrons. The fourth-order valence-electron chi connectivity index (χ4n) is 1.98. The van der Waals surface area contributed by atoms with Crippen LogP contribution in [0.3, 0.4) is 0 Å². The molecule has 1 saturated heterocycles. The van der Waals surface area contributed by atoms with Crippen LogP contribution in [-0.4, -0.2) is 19.2 Å². The molecule has 1 aromatic carbocycles. The summed E-state index contributed by atoms with van der Waals surface area (Å²) in [7, 11) is 0. The van der Waals surface area contributed by atoms with Crippen LogP contribution in [0.2, 0.25) is 0 Å². The van der Waals surface area contributed by atoms with Crippen LogP contribution in [0.5, 0.6) is 0 Å². The van der Waals surface area contributed by atoms with Crippen LogP contribution in [0.4, 0.5) is 23.2 Å². The molecule has 1 heterocycles. The average Bonchev–Trinajstić information content (AvgIpc) is 2.28. The molecule has 5 heteroatoms. The van der Waals surface area contributed by atoms with E-state index in [2.05, 4.69) is 0 Å². The summed E-state index contributed by atoms with van der Waals surface area (Å²) in [5.74, 6) is 0. The van der Waals surface area contributed by atoms with Gasteiger partial charge in [0.05, 0.1) is 6.93 Å². The second kappa shape index (κ2) is 4.55. The van der Waals surface area contributed by atoms with E-state index < -0.39 is 17.9 Å². The zero-order valence-corrected chi connectivity index (χ0v) is 9.10. The Labute approximate surface area is 98.4 Å². The van der Waals surface area contributed by atoms with Crippen molar-refractivity contribution in [3.05, 3.63) is 29.8 Å². The quantitative estimate of drug-likeness (QED) is 0.686. The molecule has 0 spiro atoms. The highest BCUT2D eigenvalue weighted by atomic mass is 19.4. The second-order valence-corrected chi connectivity index (χ2v) is 4.02. The topological polar surface area (TPSA) is 3.24 Å². The lowest BCUT2D eigenvalue weighted by atomic mass is 10.1. The van der Waals surface area contributed by atoms with Gasteiger partial charge in [0.2, 0.25) is 0 Å². The van der Waals surface area contributed by atoms with Crippen molar-refractivity contribution >= 4 is 5.69 Å². The third-order valence-electron chi connectivity index (χ3n) is 2.86. The molecule has 2 rings (SSSR count). The van der Waals surface area contributed by atoms with Crippen LogP contribution >= 0.6 is 0 Å². The summed E-state index contributed by atoms with van der Waals surface area (Å²) in [6, 6.07) is 5.27. The van der Waals surface area contributed by atoms with Gasteiger partial charge in [-0.3, -0.25) is 0 Å². The Morgan fingerprint density at radius 2 is 1.76 bits per heavy atom. The van der Waals surface area contributed by atoms with Crippen molar-refractivity contribution in [3.8, 4) is 0 Å². The number of anilines is 1. The lowest BCUT2D eigenvalue weighted by molar-refractivity contribution is -0.137.